The number of carbonyl (C=O) groups excluding carboxylic acids is 1. The summed E-state index contributed by atoms with van der Waals surface area (Å²) < 4.78 is 1.73. The van der Waals surface area contributed by atoms with E-state index in [0.717, 1.165) is 21.8 Å². The molecule has 0 bridgehead atoms. The second-order valence-corrected chi connectivity index (χ2v) is 6.55. The molecule has 3 rings (SSSR count). The fourth-order valence-corrected chi connectivity index (χ4v) is 3.03. The maximum atomic E-state index is 12.1. The highest BCUT2D eigenvalue weighted by Crippen LogP contribution is 2.20. The monoisotopic (exact) mass is 329 g/mol. The van der Waals surface area contributed by atoms with Gasteiger partial charge in [-0.05, 0) is 31.5 Å². The Labute approximate surface area is 138 Å². The topological polar surface area (TPSA) is 75.6 Å². The zero-order chi connectivity index (χ0) is 16.4. The van der Waals surface area contributed by atoms with Crippen LogP contribution in [0.2, 0.25) is 0 Å². The lowest BCUT2D eigenvalue weighted by atomic mass is 10.2. The number of hydrogen-bond donors (Lipinski definition) is 2. The van der Waals surface area contributed by atoms with Gasteiger partial charge in [0.2, 0.25) is 5.91 Å². The molecule has 2 aromatic heterocycles. The van der Waals surface area contributed by atoms with Crippen molar-refractivity contribution < 1.29 is 4.79 Å². The maximum Gasteiger partial charge on any atom is 0.230 e. The Morgan fingerprint density at radius 2 is 2.30 bits per heavy atom. The van der Waals surface area contributed by atoms with Gasteiger partial charge in [-0.1, -0.05) is 17.8 Å². The molecule has 0 aliphatic rings. The van der Waals surface area contributed by atoms with Gasteiger partial charge in [-0.2, -0.15) is 5.10 Å². The predicted molar refractivity (Wildman–Crippen MR) is 91.3 cm³/mol. The Bertz CT molecular complexity index is 838. The molecule has 0 aliphatic carbocycles. The molecule has 0 fully saturated rings. The molecule has 3 aromatic rings. The minimum absolute atomic E-state index is 0.0250. The third-order valence-corrected chi connectivity index (χ3v) is 4.43. The summed E-state index contributed by atoms with van der Waals surface area (Å²) in [6.45, 7) is 3.99. The molecule has 1 aromatic carbocycles. The van der Waals surface area contributed by atoms with Gasteiger partial charge in [0.25, 0.3) is 0 Å². The zero-order valence-electron chi connectivity index (χ0n) is 13.3. The summed E-state index contributed by atoms with van der Waals surface area (Å²) in [5.41, 5.74) is 4.09. The molecule has 0 radical (unpaired) electrons. The van der Waals surface area contributed by atoms with Crippen LogP contribution < -0.4 is 5.32 Å². The molecule has 0 saturated heterocycles. The smallest absolute Gasteiger partial charge is 0.230 e. The quantitative estimate of drug-likeness (QED) is 0.706. The van der Waals surface area contributed by atoms with Crippen LogP contribution in [0, 0.1) is 6.92 Å². The van der Waals surface area contributed by atoms with E-state index in [1.807, 2.05) is 39.2 Å². The standard InChI is InChI=1S/C16H19N5OS/c1-10-4-5-13-14(6-10)20-16(19-13)23-9-15(22)18-11(2)12-7-17-21(3)8-12/h4-8,11H,9H2,1-3H3,(H,18,22)(H,19,20)/t11-/m1/s1. The van der Waals surface area contributed by atoms with E-state index in [9.17, 15) is 4.79 Å². The van der Waals surface area contributed by atoms with Crippen LogP contribution in [0.1, 0.15) is 24.1 Å². The number of nitrogens with zero attached hydrogens (tertiary/aromatic N) is 3. The summed E-state index contributed by atoms with van der Waals surface area (Å²) in [6.07, 6.45) is 3.67. The van der Waals surface area contributed by atoms with Crippen LogP contribution in [0.25, 0.3) is 11.0 Å². The van der Waals surface area contributed by atoms with Crippen LogP contribution in [-0.2, 0) is 11.8 Å². The molecule has 1 atom stereocenters. The van der Waals surface area contributed by atoms with Gasteiger partial charge in [0.05, 0.1) is 29.0 Å². The number of carbonyl (C=O) groups is 1. The molecule has 2 heterocycles. The lowest BCUT2D eigenvalue weighted by molar-refractivity contribution is -0.119. The average Bonchev–Trinajstić information content (AvgIpc) is 3.10. The first-order valence-electron chi connectivity index (χ1n) is 7.38. The summed E-state index contributed by atoms with van der Waals surface area (Å²) in [4.78, 5) is 19.8. The number of nitrogens with one attached hydrogen (secondary N) is 2. The first kappa shape index (κ1) is 15.6. The first-order chi connectivity index (χ1) is 11.0. The van der Waals surface area contributed by atoms with Gasteiger partial charge < -0.3 is 10.3 Å². The van der Waals surface area contributed by atoms with Crippen molar-refractivity contribution in [3.05, 3.63) is 41.7 Å². The molecular weight excluding hydrogens is 310 g/mol. The largest absolute Gasteiger partial charge is 0.349 e. The average molecular weight is 329 g/mol. The fourth-order valence-electron chi connectivity index (χ4n) is 2.33. The molecule has 23 heavy (non-hydrogen) atoms. The number of rotatable bonds is 5. The van der Waals surface area contributed by atoms with Crippen molar-refractivity contribution in [2.75, 3.05) is 5.75 Å². The number of amides is 1. The molecule has 2 N–H and O–H groups in total. The Hall–Kier alpha value is -2.28. The molecule has 0 aliphatic heterocycles. The SMILES string of the molecule is Cc1ccc2nc(SCC(=O)N[C@H](C)c3cnn(C)c3)[nH]c2c1. The summed E-state index contributed by atoms with van der Waals surface area (Å²) >= 11 is 1.40. The number of hydrogen-bond acceptors (Lipinski definition) is 4. The molecule has 7 heteroatoms. The Morgan fingerprint density at radius 1 is 1.48 bits per heavy atom. The fraction of sp³-hybridized carbons (Fsp3) is 0.312. The highest BCUT2D eigenvalue weighted by molar-refractivity contribution is 7.99. The van der Waals surface area contributed by atoms with E-state index in [4.69, 9.17) is 0 Å². The van der Waals surface area contributed by atoms with Gasteiger partial charge in [0, 0.05) is 18.8 Å². The van der Waals surface area contributed by atoms with Crippen LogP contribution in [0.4, 0.5) is 0 Å². The molecule has 0 unspecified atom stereocenters. The van der Waals surface area contributed by atoms with Crippen molar-refractivity contribution in [2.45, 2.75) is 25.0 Å². The van der Waals surface area contributed by atoms with Crippen LogP contribution in [-0.4, -0.2) is 31.4 Å². The van der Waals surface area contributed by atoms with Crippen molar-refractivity contribution in [2.24, 2.45) is 7.05 Å². The molecule has 0 spiro atoms. The van der Waals surface area contributed by atoms with Gasteiger partial charge in [-0.3, -0.25) is 9.48 Å². The molecule has 1 amide bonds. The summed E-state index contributed by atoms with van der Waals surface area (Å²) in [7, 11) is 1.86. The van der Waals surface area contributed by atoms with Crippen molar-refractivity contribution in [1.29, 1.82) is 0 Å². The minimum atomic E-state index is -0.0601. The van der Waals surface area contributed by atoms with E-state index in [1.54, 1.807) is 10.9 Å². The van der Waals surface area contributed by atoms with E-state index >= 15 is 0 Å². The van der Waals surface area contributed by atoms with Crippen molar-refractivity contribution in [1.82, 2.24) is 25.1 Å². The first-order valence-corrected chi connectivity index (χ1v) is 8.37. The molecular formula is C16H19N5OS. The van der Waals surface area contributed by atoms with Gasteiger partial charge in [0.15, 0.2) is 5.16 Å². The summed E-state index contributed by atoms with van der Waals surface area (Å²) in [5, 5.41) is 7.84. The van der Waals surface area contributed by atoms with E-state index in [0.29, 0.717) is 5.75 Å². The number of aromatic amines is 1. The highest BCUT2D eigenvalue weighted by Gasteiger charge is 2.12. The van der Waals surface area contributed by atoms with Gasteiger partial charge in [-0.25, -0.2) is 4.98 Å². The molecule has 0 saturated carbocycles. The predicted octanol–water partition coefficient (Wildman–Crippen LogP) is 2.57. The molecule has 120 valence electrons. The van der Waals surface area contributed by atoms with E-state index in [2.05, 4.69) is 26.4 Å². The van der Waals surface area contributed by atoms with Crippen molar-refractivity contribution in [3.63, 3.8) is 0 Å². The maximum absolute atomic E-state index is 12.1. The van der Waals surface area contributed by atoms with Crippen molar-refractivity contribution >= 4 is 28.7 Å². The Morgan fingerprint density at radius 3 is 3.04 bits per heavy atom. The number of aryl methyl sites for hydroxylation is 2. The second kappa shape index (κ2) is 6.45. The number of thioether (sulfide) groups is 1. The van der Waals surface area contributed by atoms with Gasteiger partial charge in [-0.15, -0.1) is 0 Å². The minimum Gasteiger partial charge on any atom is -0.349 e. The zero-order valence-corrected chi connectivity index (χ0v) is 14.1. The third-order valence-electron chi connectivity index (χ3n) is 3.56. The second-order valence-electron chi connectivity index (χ2n) is 5.59. The van der Waals surface area contributed by atoms with Crippen LogP contribution in [0.5, 0.6) is 0 Å². The van der Waals surface area contributed by atoms with E-state index in [-0.39, 0.29) is 11.9 Å². The summed E-state index contributed by atoms with van der Waals surface area (Å²) in [6, 6.07) is 6.00. The van der Waals surface area contributed by atoms with Crippen LogP contribution >= 0.6 is 11.8 Å². The number of aromatic nitrogens is 4. The van der Waals surface area contributed by atoms with Crippen LogP contribution in [0.3, 0.4) is 0 Å². The third kappa shape index (κ3) is 3.73. The van der Waals surface area contributed by atoms with Gasteiger partial charge in [0.1, 0.15) is 0 Å². The summed E-state index contributed by atoms with van der Waals surface area (Å²) in [5.74, 6) is 0.298. The highest BCUT2D eigenvalue weighted by atomic mass is 32.2. The Kier molecular flexibility index (Phi) is 4.38. The van der Waals surface area contributed by atoms with Gasteiger partial charge >= 0.3 is 0 Å². The van der Waals surface area contributed by atoms with E-state index in [1.165, 1.54) is 17.3 Å². The number of benzene rings is 1. The van der Waals surface area contributed by atoms with Crippen molar-refractivity contribution in [3.8, 4) is 0 Å². The van der Waals surface area contributed by atoms with E-state index < -0.39 is 0 Å². The number of H-pyrrole nitrogens is 1. The number of fused-ring (bicyclic) bond motifs is 1. The Balaban J connectivity index is 1.57. The normalized spacial score (nSPS) is 12.5. The molecule has 6 nitrogen and oxygen atoms in total. The van der Waals surface area contributed by atoms with Crippen LogP contribution in [0.15, 0.2) is 35.7 Å². The number of imidazole rings is 1. The lowest BCUT2D eigenvalue weighted by Crippen LogP contribution is -2.28. The lowest BCUT2D eigenvalue weighted by Gasteiger charge is -2.11.